The van der Waals surface area contributed by atoms with Crippen molar-refractivity contribution >= 4 is 22.6 Å². The summed E-state index contributed by atoms with van der Waals surface area (Å²) in [6.45, 7) is 6.31. The van der Waals surface area contributed by atoms with Gasteiger partial charge in [-0.05, 0) is 43.9 Å². The van der Waals surface area contributed by atoms with Gasteiger partial charge in [-0.25, -0.2) is 9.37 Å². The van der Waals surface area contributed by atoms with E-state index in [2.05, 4.69) is 71.8 Å². The zero-order chi connectivity index (χ0) is 24.3. The van der Waals surface area contributed by atoms with Gasteiger partial charge in [-0.3, -0.25) is 0 Å². The van der Waals surface area contributed by atoms with Crippen molar-refractivity contribution < 1.29 is 14.3 Å². The monoisotopic (exact) mass is 468 g/mol. The number of fused-ring (bicyclic) bond motifs is 2. The van der Waals surface area contributed by atoms with Crippen LogP contribution in [-0.4, -0.2) is 62.3 Å². The summed E-state index contributed by atoms with van der Waals surface area (Å²) >= 11 is 0. The number of carboxylic acids is 1. The molecule has 2 aromatic rings. The van der Waals surface area contributed by atoms with Gasteiger partial charge in [0, 0.05) is 53.5 Å². The van der Waals surface area contributed by atoms with Crippen LogP contribution in [0, 0.1) is 5.92 Å². The summed E-state index contributed by atoms with van der Waals surface area (Å²) in [7, 11) is 4.24. The summed E-state index contributed by atoms with van der Waals surface area (Å²) in [6.07, 6.45) is 0. The number of benzene rings is 3. The third-order valence-corrected chi connectivity index (χ3v) is 7.50. The minimum absolute atomic E-state index is 0.294. The van der Waals surface area contributed by atoms with E-state index in [1.54, 1.807) is 12.1 Å². The van der Waals surface area contributed by atoms with Crippen LogP contribution >= 0.6 is 0 Å². The van der Waals surface area contributed by atoms with Gasteiger partial charge in [-0.1, -0.05) is 25.1 Å². The van der Waals surface area contributed by atoms with E-state index in [4.69, 9.17) is 4.42 Å². The fourth-order valence-corrected chi connectivity index (χ4v) is 5.34. The smallest absolute Gasteiger partial charge is 0.336 e. The van der Waals surface area contributed by atoms with Crippen molar-refractivity contribution in [2.75, 3.05) is 45.2 Å². The van der Waals surface area contributed by atoms with Crippen molar-refractivity contribution in [1.29, 1.82) is 0 Å². The molecule has 4 aliphatic rings. The van der Waals surface area contributed by atoms with Crippen LogP contribution in [0.2, 0.25) is 0 Å². The second-order valence-electron chi connectivity index (χ2n) is 10.2. The maximum Gasteiger partial charge on any atom is 0.336 e. The lowest BCUT2D eigenvalue weighted by Gasteiger charge is -2.44. The number of nitrogens with zero attached hydrogens (tertiary/aromatic N) is 3. The minimum atomic E-state index is -0.930. The highest BCUT2D eigenvalue weighted by atomic mass is 16.4. The van der Waals surface area contributed by atoms with E-state index in [-0.39, 0.29) is 0 Å². The van der Waals surface area contributed by atoms with E-state index in [1.165, 1.54) is 0 Å². The van der Waals surface area contributed by atoms with Gasteiger partial charge in [0.2, 0.25) is 5.36 Å². The average molecular weight is 469 g/mol. The minimum Gasteiger partial charge on any atom is -0.478 e. The molecule has 6 heteroatoms. The molecule has 0 spiro atoms. The van der Waals surface area contributed by atoms with Crippen LogP contribution in [0.4, 0.5) is 5.69 Å². The summed E-state index contributed by atoms with van der Waals surface area (Å²) < 4.78 is 8.87. The first-order valence-electron chi connectivity index (χ1n) is 12.2. The first-order chi connectivity index (χ1) is 16.9. The number of hydrogen-bond donors (Lipinski definition) is 1. The highest BCUT2D eigenvalue weighted by molar-refractivity contribution is 6.07. The van der Waals surface area contributed by atoms with Crippen LogP contribution in [0.25, 0.3) is 33.4 Å². The Morgan fingerprint density at radius 1 is 1.03 bits per heavy atom. The topological polar surface area (TPSA) is 59.9 Å². The summed E-state index contributed by atoms with van der Waals surface area (Å²) in [6, 6.07) is 20.4. The van der Waals surface area contributed by atoms with Crippen molar-refractivity contribution in [3.63, 3.8) is 0 Å². The molecule has 3 heterocycles. The van der Waals surface area contributed by atoms with Gasteiger partial charge >= 0.3 is 5.97 Å². The molecule has 6 nitrogen and oxygen atoms in total. The van der Waals surface area contributed by atoms with E-state index in [0.29, 0.717) is 23.1 Å². The molecule has 0 amide bonds. The molecule has 1 N–H and O–H groups in total. The molecule has 0 bridgehead atoms. The van der Waals surface area contributed by atoms with Gasteiger partial charge in [0.25, 0.3) is 0 Å². The quantitative estimate of drug-likeness (QED) is 0.361. The highest BCUT2D eigenvalue weighted by Gasteiger charge is 2.30. The van der Waals surface area contributed by atoms with Crippen LogP contribution in [0.3, 0.4) is 0 Å². The second kappa shape index (κ2) is 8.24. The fourth-order valence-electron chi connectivity index (χ4n) is 5.34. The number of rotatable bonds is 4. The number of carbonyl (C=O) groups is 1. The van der Waals surface area contributed by atoms with E-state index in [9.17, 15) is 9.90 Å². The summed E-state index contributed by atoms with van der Waals surface area (Å²) in [5.74, 6) is 0.541. The third-order valence-electron chi connectivity index (χ3n) is 7.50. The van der Waals surface area contributed by atoms with Gasteiger partial charge in [0.1, 0.15) is 11.3 Å². The number of anilines is 1. The van der Waals surface area contributed by atoms with Crippen LogP contribution in [-0.2, 0) is 0 Å². The Balaban J connectivity index is 1.58. The van der Waals surface area contributed by atoms with E-state index >= 15 is 0 Å². The Morgan fingerprint density at radius 2 is 1.80 bits per heavy atom. The van der Waals surface area contributed by atoms with Gasteiger partial charge in [0.15, 0.2) is 13.1 Å². The molecule has 1 aliphatic carbocycles. The maximum atomic E-state index is 12.1. The molecule has 6 rings (SSSR count). The molecule has 0 saturated carbocycles. The largest absolute Gasteiger partial charge is 0.478 e. The predicted molar refractivity (Wildman–Crippen MR) is 139 cm³/mol. The number of likely N-dealkylation sites (N-methyl/N-ethyl adjacent to an activating group) is 1. The van der Waals surface area contributed by atoms with E-state index < -0.39 is 5.97 Å². The molecule has 2 aromatic carbocycles. The summed E-state index contributed by atoms with van der Waals surface area (Å²) in [4.78, 5) is 16.7. The molecule has 35 heavy (non-hydrogen) atoms. The average Bonchev–Trinajstić information content (AvgIpc) is 2.79. The molecule has 0 atom stereocenters. The first kappa shape index (κ1) is 21.9. The van der Waals surface area contributed by atoms with E-state index in [0.717, 1.165) is 65.1 Å². The van der Waals surface area contributed by atoms with Gasteiger partial charge in [0.05, 0.1) is 17.5 Å². The predicted octanol–water partition coefficient (Wildman–Crippen LogP) is 4.07. The molecule has 2 saturated heterocycles. The fraction of sp³-hybridized carbons (Fsp3) is 0.310. The lowest BCUT2D eigenvalue weighted by atomic mass is 9.90. The lowest BCUT2D eigenvalue weighted by molar-refractivity contribution is 0.0697. The lowest BCUT2D eigenvalue weighted by Crippen LogP contribution is -2.57. The SMILES string of the molecule is CC1C[N+](=c2ccc3c(-c4ccccc4C(=O)O)c4ccc(N5CC(N(C)C)C5)cc4oc-3c2)C1. The summed E-state index contributed by atoms with van der Waals surface area (Å²) in [5.41, 5.74) is 4.73. The zero-order valence-corrected chi connectivity index (χ0v) is 20.4. The number of aromatic carboxylic acids is 1. The Labute approximate surface area is 204 Å². The Bertz CT molecular complexity index is 1490. The molecule has 2 fully saturated rings. The normalized spacial score (nSPS) is 18.2. The van der Waals surface area contributed by atoms with Crippen LogP contribution in [0.15, 0.2) is 65.1 Å². The van der Waals surface area contributed by atoms with E-state index in [1.807, 2.05) is 12.1 Å². The maximum absolute atomic E-state index is 12.1. The molecule has 0 radical (unpaired) electrons. The van der Waals surface area contributed by atoms with Crippen molar-refractivity contribution in [3.8, 4) is 22.5 Å². The molecular formula is C29H30N3O3+. The Kier molecular flexibility index (Phi) is 5.15. The standard InChI is InChI=1S/C29H29N3O3/c1-18-14-31(15-18)19-8-10-24-26(12-19)35-27-13-20(32-16-21(17-32)30(2)3)9-11-25(27)28(24)22-6-4-5-7-23(22)29(33)34/h4-13,18,21H,14-17H2,1-3H3/p+1. The number of carboxylic acid groups (broad SMARTS) is 1. The molecule has 3 aliphatic heterocycles. The van der Waals surface area contributed by atoms with Crippen LogP contribution < -0.4 is 14.8 Å². The van der Waals surface area contributed by atoms with Crippen molar-refractivity contribution in [2.45, 2.75) is 13.0 Å². The first-order valence-corrected chi connectivity index (χ1v) is 12.2. The van der Waals surface area contributed by atoms with Gasteiger partial charge in [-0.2, -0.15) is 0 Å². The molecule has 0 unspecified atom stereocenters. The van der Waals surface area contributed by atoms with Crippen molar-refractivity contribution in [3.05, 3.63) is 71.6 Å². The van der Waals surface area contributed by atoms with Crippen molar-refractivity contribution in [2.24, 2.45) is 5.92 Å². The highest BCUT2D eigenvalue weighted by Crippen LogP contribution is 2.42. The Morgan fingerprint density at radius 3 is 2.51 bits per heavy atom. The van der Waals surface area contributed by atoms with Crippen LogP contribution in [0.1, 0.15) is 17.3 Å². The summed E-state index contributed by atoms with van der Waals surface area (Å²) in [5, 5.41) is 12.0. The van der Waals surface area contributed by atoms with Crippen molar-refractivity contribution in [1.82, 2.24) is 9.48 Å². The zero-order valence-electron chi connectivity index (χ0n) is 20.4. The number of hydrogen-bond acceptors (Lipinski definition) is 4. The van der Waals surface area contributed by atoms with Gasteiger partial charge < -0.3 is 19.3 Å². The third kappa shape index (κ3) is 3.69. The van der Waals surface area contributed by atoms with Crippen LogP contribution in [0.5, 0.6) is 0 Å². The van der Waals surface area contributed by atoms with Gasteiger partial charge in [-0.15, -0.1) is 0 Å². The molecular weight excluding hydrogens is 438 g/mol. The molecule has 178 valence electrons. The Hall–Kier alpha value is -3.64. The molecule has 0 aromatic heterocycles. The second-order valence-corrected chi connectivity index (χ2v) is 10.2.